The molecule has 0 aliphatic carbocycles. The molecule has 2 heterocycles. The van der Waals surface area contributed by atoms with E-state index in [2.05, 4.69) is 4.98 Å². The van der Waals surface area contributed by atoms with E-state index in [1.54, 1.807) is 19.1 Å². The standard InChI is InChI=1S/C17H13FN2O4/c1-2-23-17(22)20-15(12-7-9-19-10-8-12)14(16(21)24-20)11-3-5-13(18)6-4-11/h3-10H,2H2,1H3. The van der Waals surface area contributed by atoms with Gasteiger partial charge >= 0.3 is 11.7 Å². The lowest BCUT2D eigenvalue weighted by Crippen LogP contribution is -2.14. The average Bonchev–Trinajstić information content (AvgIpc) is 2.94. The van der Waals surface area contributed by atoms with Crippen LogP contribution in [0.3, 0.4) is 0 Å². The molecule has 0 aliphatic rings. The van der Waals surface area contributed by atoms with Gasteiger partial charge in [0.15, 0.2) is 0 Å². The Hall–Kier alpha value is -3.22. The molecular weight excluding hydrogens is 315 g/mol. The number of rotatable bonds is 3. The van der Waals surface area contributed by atoms with Crippen LogP contribution in [0.1, 0.15) is 6.92 Å². The third kappa shape index (κ3) is 2.83. The highest BCUT2D eigenvalue weighted by atomic mass is 19.1. The molecule has 0 bridgehead atoms. The second-order valence-electron chi connectivity index (χ2n) is 4.84. The summed E-state index contributed by atoms with van der Waals surface area (Å²) >= 11 is 0. The van der Waals surface area contributed by atoms with Gasteiger partial charge in [-0.1, -0.05) is 12.1 Å². The quantitative estimate of drug-likeness (QED) is 0.737. The molecular formula is C17H13FN2O4. The third-order valence-corrected chi connectivity index (χ3v) is 3.34. The highest BCUT2D eigenvalue weighted by molar-refractivity contribution is 5.86. The largest absolute Gasteiger partial charge is 0.448 e. The fraction of sp³-hybridized carbons (Fsp3) is 0.118. The topological polar surface area (TPSA) is 74.3 Å². The highest BCUT2D eigenvalue weighted by Crippen LogP contribution is 2.30. The van der Waals surface area contributed by atoms with E-state index < -0.39 is 17.5 Å². The van der Waals surface area contributed by atoms with Crippen molar-refractivity contribution in [3.63, 3.8) is 0 Å². The van der Waals surface area contributed by atoms with Crippen LogP contribution in [0.15, 0.2) is 58.1 Å². The Labute approximate surface area is 136 Å². The number of carbonyl (C=O) groups is 1. The first-order chi connectivity index (χ1) is 11.6. The molecule has 1 aromatic carbocycles. The zero-order valence-corrected chi connectivity index (χ0v) is 12.7. The van der Waals surface area contributed by atoms with Crippen LogP contribution in [-0.2, 0) is 4.74 Å². The van der Waals surface area contributed by atoms with Crippen molar-refractivity contribution in [3.05, 3.63) is 65.0 Å². The van der Waals surface area contributed by atoms with E-state index in [4.69, 9.17) is 9.26 Å². The molecule has 24 heavy (non-hydrogen) atoms. The first kappa shape index (κ1) is 15.7. The predicted octanol–water partition coefficient (Wildman–Crippen LogP) is 3.31. The van der Waals surface area contributed by atoms with Crippen LogP contribution in [0.5, 0.6) is 0 Å². The minimum Gasteiger partial charge on any atom is -0.447 e. The predicted molar refractivity (Wildman–Crippen MR) is 84.0 cm³/mol. The zero-order chi connectivity index (χ0) is 17.1. The third-order valence-electron chi connectivity index (χ3n) is 3.34. The van der Waals surface area contributed by atoms with Crippen molar-refractivity contribution in [1.29, 1.82) is 0 Å². The van der Waals surface area contributed by atoms with Crippen LogP contribution in [0.25, 0.3) is 22.4 Å². The molecule has 0 atom stereocenters. The lowest BCUT2D eigenvalue weighted by Gasteiger charge is -2.07. The van der Waals surface area contributed by atoms with Gasteiger partial charge in [-0.25, -0.2) is 14.0 Å². The molecule has 0 radical (unpaired) electrons. The smallest absolute Gasteiger partial charge is 0.447 e. The van der Waals surface area contributed by atoms with Gasteiger partial charge in [0, 0.05) is 18.0 Å². The van der Waals surface area contributed by atoms with Gasteiger partial charge in [0.1, 0.15) is 11.5 Å². The summed E-state index contributed by atoms with van der Waals surface area (Å²) in [7, 11) is 0. The number of pyridine rings is 1. The summed E-state index contributed by atoms with van der Waals surface area (Å²) < 4.78 is 24.0. The Morgan fingerprint density at radius 2 is 1.83 bits per heavy atom. The fourth-order valence-electron chi connectivity index (χ4n) is 2.33. The molecule has 0 unspecified atom stereocenters. The lowest BCUT2D eigenvalue weighted by molar-refractivity contribution is 0.124. The molecule has 0 amide bonds. The SMILES string of the molecule is CCOC(=O)n1oc(=O)c(-c2ccc(F)cc2)c1-c1ccncc1. The Kier molecular flexibility index (Phi) is 4.24. The van der Waals surface area contributed by atoms with E-state index in [0.29, 0.717) is 11.1 Å². The summed E-state index contributed by atoms with van der Waals surface area (Å²) in [6.07, 6.45) is 2.24. The molecule has 0 saturated carbocycles. The molecule has 0 spiro atoms. The van der Waals surface area contributed by atoms with E-state index in [9.17, 15) is 14.0 Å². The number of benzene rings is 1. The summed E-state index contributed by atoms with van der Waals surface area (Å²) in [4.78, 5) is 28.4. The molecule has 122 valence electrons. The number of halogens is 1. The van der Waals surface area contributed by atoms with E-state index in [1.165, 1.54) is 36.7 Å². The molecule has 7 heteroatoms. The number of aromatic nitrogens is 2. The van der Waals surface area contributed by atoms with E-state index >= 15 is 0 Å². The van der Waals surface area contributed by atoms with Gasteiger partial charge < -0.3 is 9.26 Å². The number of carbonyl (C=O) groups excluding carboxylic acids is 1. The van der Waals surface area contributed by atoms with Gasteiger partial charge in [0.25, 0.3) is 0 Å². The molecule has 6 nitrogen and oxygen atoms in total. The van der Waals surface area contributed by atoms with Gasteiger partial charge in [0.2, 0.25) is 0 Å². The van der Waals surface area contributed by atoms with Crippen molar-refractivity contribution in [2.45, 2.75) is 6.92 Å². The second kappa shape index (κ2) is 6.49. The van der Waals surface area contributed by atoms with Gasteiger partial charge in [-0.2, -0.15) is 0 Å². The summed E-state index contributed by atoms with van der Waals surface area (Å²) in [5.74, 6) is -0.432. The summed E-state index contributed by atoms with van der Waals surface area (Å²) in [5.41, 5.74) is 0.631. The monoisotopic (exact) mass is 328 g/mol. The van der Waals surface area contributed by atoms with Crippen molar-refractivity contribution in [3.8, 4) is 22.4 Å². The number of hydrogen-bond acceptors (Lipinski definition) is 5. The van der Waals surface area contributed by atoms with E-state index in [-0.39, 0.29) is 17.9 Å². The molecule has 0 aliphatic heterocycles. The number of ether oxygens (including phenoxy) is 1. The van der Waals surface area contributed by atoms with E-state index in [1.807, 2.05) is 0 Å². The summed E-state index contributed by atoms with van der Waals surface area (Å²) in [5, 5.41) is 0. The first-order valence-corrected chi connectivity index (χ1v) is 7.21. The second-order valence-corrected chi connectivity index (χ2v) is 4.84. The van der Waals surface area contributed by atoms with Crippen molar-refractivity contribution in [2.75, 3.05) is 6.61 Å². The minimum atomic E-state index is -0.810. The van der Waals surface area contributed by atoms with Crippen LogP contribution >= 0.6 is 0 Å². The maximum atomic E-state index is 13.2. The highest BCUT2D eigenvalue weighted by Gasteiger charge is 2.25. The van der Waals surface area contributed by atoms with Gasteiger partial charge in [0.05, 0.1) is 12.2 Å². The van der Waals surface area contributed by atoms with Crippen molar-refractivity contribution < 1.29 is 18.4 Å². The average molecular weight is 328 g/mol. The van der Waals surface area contributed by atoms with Crippen LogP contribution in [0, 0.1) is 5.82 Å². The van der Waals surface area contributed by atoms with Crippen LogP contribution in [0.2, 0.25) is 0 Å². The Morgan fingerprint density at radius 1 is 1.17 bits per heavy atom. The fourth-order valence-corrected chi connectivity index (χ4v) is 2.33. The molecule has 0 fully saturated rings. The van der Waals surface area contributed by atoms with Gasteiger partial charge in [-0.05, 0) is 36.8 Å². The van der Waals surface area contributed by atoms with Gasteiger partial charge in [-0.3, -0.25) is 4.98 Å². The Morgan fingerprint density at radius 3 is 2.46 bits per heavy atom. The molecule has 0 saturated heterocycles. The van der Waals surface area contributed by atoms with Crippen LogP contribution < -0.4 is 5.63 Å². The summed E-state index contributed by atoms with van der Waals surface area (Å²) in [6.45, 7) is 1.77. The van der Waals surface area contributed by atoms with E-state index in [0.717, 1.165) is 4.74 Å². The maximum absolute atomic E-state index is 13.2. The van der Waals surface area contributed by atoms with Gasteiger partial charge in [-0.15, -0.1) is 4.74 Å². The summed E-state index contributed by atoms with van der Waals surface area (Å²) in [6, 6.07) is 8.61. The van der Waals surface area contributed by atoms with Crippen molar-refractivity contribution in [1.82, 2.24) is 9.72 Å². The molecule has 2 aromatic heterocycles. The number of hydrogen-bond donors (Lipinski definition) is 0. The molecule has 3 aromatic rings. The minimum absolute atomic E-state index is 0.127. The van der Waals surface area contributed by atoms with Crippen molar-refractivity contribution in [2.24, 2.45) is 0 Å². The number of nitrogens with zero attached hydrogens (tertiary/aromatic N) is 2. The normalized spacial score (nSPS) is 10.6. The van der Waals surface area contributed by atoms with Crippen molar-refractivity contribution >= 4 is 6.09 Å². The Bertz CT molecular complexity index is 914. The Balaban J connectivity index is 2.27. The molecule has 0 N–H and O–H groups in total. The zero-order valence-electron chi connectivity index (χ0n) is 12.7. The lowest BCUT2D eigenvalue weighted by atomic mass is 10.0. The van der Waals surface area contributed by atoms with Crippen LogP contribution in [0.4, 0.5) is 9.18 Å². The molecule has 3 rings (SSSR count). The maximum Gasteiger partial charge on any atom is 0.448 e. The first-order valence-electron chi connectivity index (χ1n) is 7.21. The van der Waals surface area contributed by atoms with Crippen LogP contribution in [-0.4, -0.2) is 22.4 Å².